The monoisotopic (exact) mass is 231 g/mol. The maximum absolute atomic E-state index is 5.56. The number of aromatic nitrogens is 1. The molecule has 0 bridgehead atoms. The predicted molar refractivity (Wildman–Crippen MR) is 68.3 cm³/mol. The average molecular weight is 231 g/mol. The van der Waals surface area contributed by atoms with Gasteiger partial charge in [-0.25, -0.2) is 0 Å². The van der Waals surface area contributed by atoms with Gasteiger partial charge in [0.1, 0.15) is 0 Å². The van der Waals surface area contributed by atoms with Crippen molar-refractivity contribution in [2.24, 2.45) is 5.84 Å². The third kappa shape index (κ3) is 2.79. The van der Waals surface area contributed by atoms with E-state index in [0.29, 0.717) is 6.61 Å². The summed E-state index contributed by atoms with van der Waals surface area (Å²) in [6, 6.07) is 10.3. The Labute approximate surface area is 101 Å². The van der Waals surface area contributed by atoms with Gasteiger partial charge in [-0.1, -0.05) is 18.2 Å². The van der Waals surface area contributed by atoms with Crippen molar-refractivity contribution in [2.75, 3.05) is 13.7 Å². The molecule has 17 heavy (non-hydrogen) atoms. The smallest absolute Gasteiger partial charge is 0.0705 e. The summed E-state index contributed by atoms with van der Waals surface area (Å²) < 4.78 is 5.07. The van der Waals surface area contributed by atoms with Crippen LogP contribution in [0.4, 0.5) is 0 Å². The molecule has 0 radical (unpaired) electrons. The minimum atomic E-state index is 0.0985. The number of nitrogens with two attached hydrogens (primary N) is 1. The van der Waals surface area contributed by atoms with Gasteiger partial charge in [-0.15, -0.1) is 0 Å². The van der Waals surface area contributed by atoms with Crippen LogP contribution in [0.25, 0.3) is 10.9 Å². The molecule has 1 aromatic heterocycles. The van der Waals surface area contributed by atoms with Crippen LogP contribution < -0.4 is 11.3 Å². The number of ether oxygens (including phenoxy) is 1. The molecule has 0 aliphatic carbocycles. The molecule has 0 saturated heterocycles. The highest BCUT2D eigenvalue weighted by Crippen LogP contribution is 2.20. The first-order valence-electron chi connectivity index (χ1n) is 5.65. The lowest BCUT2D eigenvalue weighted by Gasteiger charge is -2.16. The predicted octanol–water partition coefficient (Wildman–Crippen LogP) is 1.78. The first-order chi connectivity index (χ1) is 8.35. The van der Waals surface area contributed by atoms with Crippen LogP contribution in [-0.4, -0.2) is 18.7 Å². The number of rotatable bonds is 5. The van der Waals surface area contributed by atoms with Gasteiger partial charge in [0.15, 0.2) is 0 Å². The van der Waals surface area contributed by atoms with Crippen molar-refractivity contribution in [2.45, 2.75) is 12.5 Å². The standard InChI is InChI=1S/C13H17N3O/c1-17-8-6-12(16-14)11-5-4-10-3-2-7-15-13(10)9-11/h2-5,7,9,12,16H,6,8,14H2,1H3. The molecule has 4 heteroatoms. The molecule has 0 aliphatic heterocycles. The summed E-state index contributed by atoms with van der Waals surface area (Å²) in [5.74, 6) is 5.56. The Hall–Kier alpha value is -1.49. The van der Waals surface area contributed by atoms with E-state index in [4.69, 9.17) is 10.6 Å². The first-order valence-corrected chi connectivity index (χ1v) is 5.65. The van der Waals surface area contributed by atoms with Crippen molar-refractivity contribution < 1.29 is 4.74 Å². The summed E-state index contributed by atoms with van der Waals surface area (Å²) in [6.45, 7) is 0.676. The van der Waals surface area contributed by atoms with E-state index >= 15 is 0 Å². The molecule has 0 amide bonds. The SMILES string of the molecule is COCCC(NN)c1ccc2cccnc2c1. The number of hydrazine groups is 1. The molecule has 1 aromatic carbocycles. The third-order valence-corrected chi connectivity index (χ3v) is 2.84. The molecule has 0 spiro atoms. The normalized spacial score (nSPS) is 12.8. The van der Waals surface area contributed by atoms with Gasteiger partial charge < -0.3 is 4.74 Å². The van der Waals surface area contributed by atoms with E-state index in [2.05, 4.69) is 28.6 Å². The van der Waals surface area contributed by atoms with E-state index in [1.54, 1.807) is 13.3 Å². The van der Waals surface area contributed by atoms with Crippen molar-refractivity contribution in [1.29, 1.82) is 0 Å². The number of methoxy groups -OCH3 is 1. The summed E-state index contributed by atoms with van der Waals surface area (Å²) in [7, 11) is 1.69. The minimum Gasteiger partial charge on any atom is -0.385 e. The van der Waals surface area contributed by atoms with E-state index in [0.717, 1.165) is 22.9 Å². The fourth-order valence-electron chi connectivity index (χ4n) is 1.88. The zero-order valence-corrected chi connectivity index (χ0v) is 9.89. The van der Waals surface area contributed by atoms with Crippen LogP contribution in [0.5, 0.6) is 0 Å². The van der Waals surface area contributed by atoms with E-state index in [9.17, 15) is 0 Å². The van der Waals surface area contributed by atoms with Crippen molar-refractivity contribution >= 4 is 10.9 Å². The third-order valence-electron chi connectivity index (χ3n) is 2.84. The van der Waals surface area contributed by atoms with Gasteiger partial charge in [0.2, 0.25) is 0 Å². The Kier molecular flexibility index (Phi) is 4.03. The fraction of sp³-hybridized carbons (Fsp3) is 0.308. The Morgan fingerprint density at radius 1 is 1.41 bits per heavy atom. The highest BCUT2D eigenvalue weighted by molar-refractivity contribution is 5.78. The molecular formula is C13H17N3O. The van der Waals surface area contributed by atoms with Gasteiger partial charge in [-0.2, -0.15) is 0 Å². The fourth-order valence-corrected chi connectivity index (χ4v) is 1.88. The second kappa shape index (κ2) is 5.72. The number of hydrogen-bond donors (Lipinski definition) is 2. The van der Waals surface area contributed by atoms with Gasteiger partial charge >= 0.3 is 0 Å². The van der Waals surface area contributed by atoms with Crippen LogP contribution in [0.3, 0.4) is 0 Å². The van der Waals surface area contributed by atoms with Crippen molar-refractivity contribution in [3.8, 4) is 0 Å². The number of pyridine rings is 1. The lowest BCUT2D eigenvalue weighted by molar-refractivity contribution is 0.183. The number of hydrogen-bond acceptors (Lipinski definition) is 4. The van der Waals surface area contributed by atoms with Gasteiger partial charge in [0, 0.05) is 31.3 Å². The lowest BCUT2D eigenvalue weighted by Crippen LogP contribution is -2.28. The van der Waals surface area contributed by atoms with Crippen LogP contribution in [0.2, 0.25) is 0 Å². The summed E-state index contributed by atoms with van der Waals surface area (Å²) in [6.07, 6.45) is 2.64. The highest BCUT2D eigenvalue weighted by Gasteiger charge is 2.09. The highest BCUT2D eigenvalue weighted by atomic mass is 16.5. The van der Waals surface area contributed by atoms with Gasteiger partial charge in [-0.05, 0) is 24.1 Å². The van der Waals surface area contributed by atoms with Crippen LogP contribution in [0.15, 0.2) is 36.5 Å². The Morgan fingerprint density at radius 2 is 2.29 bits per heavy atom. The summed E-state index contributed by atoms with van der Waals surface area (Å²) in [5.41, 5.74) is 4.93. The Morgan fingerprint density at radius 3 is 3.06 bits per heavy atom. The van der Waals surface area contributed by atoms with Crippen molar-refractivity contribution in [3.63, 3.8) is 0 Å². The van der Waals surface area contributed by atoms with Crippen molar-refractivity contribution in [3.05, 3.63) is 42.1 Å². The second-order valence-electron chi connectivity index (χ2n) is 3.96. The number of benzene rings is 1. The van der Waals surface area contributed by atoms with Crippen LogP contribution >= 0.6 is 0 Å². The topological polar surface area (TPSA) is 60.2 Å². The molecular weight excluding hydrogens is 214 g/mol. The molecule has 2 aromatic rings. The average Bonchev–Trinajstić information content (AvgIpc) is 2.39. The molecule has 0 saturated carbocycles. The van der Waals surface area contributed by atoms with Gasteiger partial charge in [0.25, 0.3) is 0 Å². The van der Waals surface area contributed by atoms with Crippen LogP contribution in [0.1, 0.15) is 18.0 Å². The Bertz CT molecular complexity index is 487. The number of nitrogens with one attached hydrogen (secondary N) is 1. The summed E-state index contributed by atoms with van der Waals surface area (Å²) in [5, 5.41) is 1.14. The molecule has 0 fully saturated rings. The van der Waals surface area contributed by atoms with E-state index in [1.165, 1.54) is 0 Å². The molecule has 2 rings (SSSR count). The maximum atomic E-state index is 5.56. The van der Waals surface area contributed by atoms with E-state index in [-0.39, 0.29) is 6.04 Å². The largest absolute Gasteiger partial charge is 0.385 e. The number of nitrogens with zero attached hydrogens (tertiary/aromatic N) is 1. The zero-order valence-electron chi connectivity index (χ0n) is 9.89. The van der Waals surface area contributed by atoms with Gasteiger partial charge in [-0.3, -0.25) is 16.3 Å². The molecule has 4 nitrogen and oxygen atoms in total. The van der Waals surface area contributed by atoms with E-state index in [1.807, 2.05) is 12.1 Å². The quantitative estimate of drug-likeness (QED) is 0.608. The summed E-state index contributed by atoms with van der Waals surface area (Å²) in [4.78, 5) is 4.34. The molecule has 1 atom stereocenters. The molecule has 90 valence electrons. The molecule has 0 aliphatic rings. The van der Waals surface area contributed by atoms with Crippen LogP contribution in [0, 0.1) is 0 Å². The summed E-state index contributed by atoms with van der Waals surface area (Å²) >= 11 is 0. The lowest BCUT2D eigenvalue weighted by atomic mass is 10.0. The molecule has 3 N–H and O–H groups in total. The second-order valence-corrected chi connectivity index (χ2v) is 3.96. The minimum absolute atomic E-state index is 0.0985. The number of fused-ring (bicyclic) bond motifs is 1. The Balaban J connectivity index is 2.27. The zero-order chi connectivity index (χ0) is 12.1. The van der Waals surface area contributed by atoms with E-state index < -0.39 is 0 Å². The van der Waals surface area contributed by atoms with Crippen molar-refractivity contribution in [1.82, 2.24) is 10.4 Å². The first kappa shape index (κ1) is 12.0. The van der Waals surface area contributed by atoms with Crippen LogP contribution in [-0.2, 0) is 4.74 Å². The van der Waals surface area contributed by atoms with Gasteiger partial charge in [0.05, 0.1) is 5.52 Å². The maximum Gasteiger partial charge on any atom is 0.0705 e. The molecule has 1 heterocycles. The molecule has 1 unspecified atom stereocenters.